The molecule has 2 N–H and O–H groups in total. The zero-order valence-corrected chi connectivity index (χ0v) is 8.96. The third-order valence-corrected chi connectivity index (χ3v) is 2.11. The topological polar surface area (TPSA) is 65.2 Å². The molecule has 0 spiro atoms. The molecule has 4 nitrogen and oxygen atoms in total. The van der Waals surface area contributed by atoms with Crippen LogP contribution in [0.4, 0.5) is 14.6 Å². The van der Waals surface area contributed by atoms with Gasteiger partial charge >= 0.3 is 5.97 Å². The number of carbonyl (C=O) groups is 1. The quantitative estimate of drug-likeness (QED) is 0.807. The van der Waals surface area contributed by atoms with Crippen molar-refractivity contribution in [2.75, 3.05) is 12.3 Å². The maximum Gasteiger partial charge on any atom is 0.339 e. The number of esters is 1. The number of nitrogens with two attached hydrogens (primary N) is 1. The van der Waals surface area contributed by atoms with Crippen LogP contribution in [-0.2, 0) is 4.74 Å². The molecule has 1 aromatic heterocycles. The molecule has 0 bridgehead atoms. The van der Waals surface area contributed by atoms with Crippen LogP contribution in [0.3, 0.4) is 0 Å². The van der Waals surface area contributed by atoms with Gasteiger partial charge in [0.25, 0.3) is 6.43 Å². The molecule has 1 heterocycles. The van der Waals surface area contributed by atoms with Gasteiger partial charge in [0.05, 0.1) is 17.7 Å². The number of nitrogens with zero attached hydrogens (tertiary/aromatic N) is 1. The third-order valence-electron chi connectivity index (χ3n) is 2.11. The van der Waals surface area contributed by atoms with E-state index < -0.39 is 18.0 Å². The Balaban J connectivity index is 3.31. The highest BCUT2D eigenvalue weighted by Crippen LogP contribution is 2.27. The highest BCUT2D eigenvalue weighted by Gasteiger charge is 2.23. The van der Waals surface area contributed by atoms with Crippen molar-refractivity contribution in [2.24, 2.45) is 0 Å². The van der Waals surface area contributed by atoms with Crippen molar-refractivity contribution >= 4 is 11.8 Å². The Hall–Kier alpha value is -1.72. The van der Waals surface area contributed by atoms with E-state index in [1.165, 1.54) is 6.92 Å². The minimum atomic E-state index is -2.79. The van der Waals surface area contributed by atoms with Crippen LogP contribution in [-0.4, -0.2) is 17.6 Å². The Labute approximate surface area is 91.4 Å². The van der Waals surface area contributed by atoms with Crippen molar-refractivity contribution in [1.82, 2.24) is 4.98 Å². The molecule has 0 saturated heterocycles. The Morgan fingerprint density at radius 3 is 2.75 bits per heavy atom. The van der Waals surface area contributed by atoms with E-state index in [-0.39, 0.29) is 23.6 Å². The highest BCUT2D eigenvalue weighted by atomic mass is 19.3. The first-order valence-electron chi connectivity index (χ1n) is 4.69. The molecule has 1 aromatic rings. The molecular formula is C10H12F2N2O2. The van der Waals surface area contributed by atoms with Gasteiger partial charge in [-0.3, -0.25) is 0 Å². The van der Waals surface area contributed by atoms with Crippen molar-refractivity contribution in [3.63, 3.8) is 0 Å². The summed E-state index contributed by atoms with van der Waals surface area (Å²) in [5.41, 5.74) is 5.03. The molecule has 1 rings (SSSR count). The Kier molecular flexibility index (Phi) is 3.76. The molecule has 0 fully saturated rings. The molecular weight excluding hydrogens is 218 g/mol. The van der Waals surface area contributed by atoms with Crippen LogP contribution in [0.5, 0.6) is 0 Å². The van der Waals surface area contributed by atoms with Gasteiger partial charge in [-0.15, -0.1) is 0 Å². The first-order chi connectivity index (χ1) is 7.49. The number of carbonyl (C=O) groups excluding carboxylic acids is 1. The molecule has 0 aliphatic heterocycles. The number of ether oxygens (including phenoxy) is 1. The van der Waals surface area contributed by atoms with Crippen LogP contribution in [0.25, 0.3) is 0 Å². The molecule has 0 aliphatic carbocycles. The number of pyridine rings is 1. The van der Waals surface area contributed by atoms with Crippen molar-refractivity contribution in [3.8, 4) is 0 Å². The molecule has 0 saturated carbocycles. The van der Waals surface area contributed by atoms with E-state index in [2.05, 4.69) is 4.98 Å². The summed E-state index contributed by atoms with van der Waals surface area (Å²) in [6.45, 7) is 3.17. The maximum atomic E-state index is 12.7. The summed E-state index contributed by atoms with van der Waals surface area (Å²) in [5, 5.41) is 0. The minimum absolute atomic E-state index is 0.0486. The van der Waals surface area contributed by atoms with Crippen LogP contribution in [0.2, 0.25) is 0 Å². The second kappa shape index (κ2) is 4.87. The number of nitrogen functional groups attached to an aromatic ring is 1. The molecule has 0 aromatic carbocycles. The summed E-state index contributed by atoms with van der Waals surface area (Å²) >= 11 is 0. The van der Waals surface area contributed by atoms with Crippen molar-refractivity contribution in [3.05, 3.63) is 22.9 Å². The maximum absolute atomic E-state index is 12.7. The summed E-state index contributed by atoms with van der Waals surface area (Å²) in [6, 6.07) is 0. The zero-order chi connectivity index (χ0) is 12.3. The summed E-state index contributed by atoms with van der Waals surface area (Å²) < 4.78 is 30.0. The summed E-state index contributed by atoms with van der Waals surface area (Å²) in [7, 11) is 0. The van der Waals surface area contributed by atoms with Crippen LogP contribution < -0.4 is 5.73 Å². The first kappa shape index (κ1) is 12.4. The van der Waals surface area contributed by atoms with E-state index in [4.69, 9.17) is 10.5 Å². The SMILES string of the molecule is CCOC(=O)c1c(C(F)F)cnc(N)c1C. The molecule has 16 heavy (non-hydrogen) atoms. The lowest BCUT2D eigenvalue weighted by Gasteiger charge is -2.11. The molecule has 6 heteroatoms. The summed E-state index contributed by atoms with van der Waals surface area (Å²) in [4.78, 5) is 15.1. The predicted molar refractivity (Wildman–Crippen MR) is 54.3 cm³/mol. The first-order valence-corrected chi connectivity index (χ1v) is 4.69. The molecule has 0 atom stereocenters. The van der Waals surface area contributed by atoms with Gasteiger partial charge in [-0.2, -0.15) is 0 Å². The van der Waals surface area contributed by atoms with Crippen LogP contribution in [0, 0.1) is 6.92 Å². The predicted octanol–water partition coefficient (Wildman–Crippen LogP) is 2.09. The van der Waals surface area contributed by atoms with Gasteiger partial charge in [-0.05, 0) is 13.8 Å². The summed E-state index contributed by atoms with van der Waals surface area (Å²) in [5.74, 6) is -0.753. The van der Waals surface area contributed by atoms with Gasteiger partial charge in [0.15, 0.2) is 0 Å². The Morgan fingerprint density at radius 1 is 1.62 bits per heavy atom. The van der Waals surface area contributed by atoms with E-state index in [1.54, 1.807) is 6.92 Å². The van der Waals surface area contributed by atoms with Gasteiger partial charge in [0.2, 0.25) is 0 Å². The second-order valence-electron chi connectivity index (χ2n) is 3.12. The van der Waals surface area contributed by atoms with Gasteiger partial charge in [0.1, 0.15) is 5.82 Å². The van der Waals surface area contributed by atoms with Crippen molar-refractivity contribution in [1.29, 1.82) is 0 Å². The average molecular weight is 230 g/mol. The number of aromatic nitrogens is 1. The van der Waals surface area contributed by atoms with E-state index in [0.29, 0.717) is 0 Å². The van der Waals surface area contributed by atoms with Crippen molar-refractivity contribution in [2.45, 2.75) is 20.3 Å². The number of rotatable bonds is 3. The van der Waals surface area contributed by atoms with Gasteiger partial charge in [-0.1, -0.05) is 0 Å². The van der Waals surface area contributed by atoms with E-state index in [1.807, 2.05) is 0 Å². The van der Waals surface area contributed by atoms with Gasteiger partial charge in [0, 0.05) is 11.8 Å². The Bertz CT molecular complexity index is 408. The molecule has 88 valence electrons. The fourth-order valence-electron chi connectivity index (χ4n) is 1.28. The van der Waals surface area contributed by atoms with E-state index in [9.17, 15) is 13.6 Å². The number of alkyl halides is 2. The highest BCUT2D eigenvalue weighted by molar-refractivity contribution is 5.93. The minimum Gasteiger partial charge on any atom is -0.462 e. The molecule has 0 aliphatic rings. The number of halogens is 2. The van der Waals surface area contributed by atoms with E-state index in [0.717, 1.165) is 6.20 Å². The number of hydrogen-bond donors (Lipinski definition) is 1. The lowest BCUT2D eigenvalue weighted by molar-refractivity contribution is 0.0514. The number of hydrogen-bond acceptors (Lipinski definition) is 4. The van der Waals surface area contributed by atoms with Crippen LogP contribution in [0.15, 0.2) is 6.20 Å². The van der Waals surface area contributed by atoms with Gasteiger partial charge in [-0.25, -0.2) is 18.6 Å². The van der Waals surface area contributed by atoms with Crippen LogP contribution >= 0.6 is 0 Å². The fraction of sp³-hybridized carbons (Fsp3) is 0.400. The van der Waals surface area contributed by atoms with Gasteiger partial charge < -0.3 is 10.5 Å². The lowest BCUT2D eigenvalue weighted by Crippen LogP contribution is -2.13. The smallest absolute Gasteiger partial charge is 0.339 e. The molecule has 0 amide bonds. The standard InChI is InChI=1S/C10H12F2N2O2/c1-3-16-10(15)7-5(2)9(13)14-4-6(7)8(11)12/h4,8H,3H2,1-2H3,(H2,13,14). The summed E-state index contributed by atoms with van der Waals surface area (Å²) in [6.07, 6.45) is -1.88. The third kappa shape index (κ3) is 2.26. The lowest BCUT2D eigenvalue weighted by atomic mass is 10.0. The average Bonchev–Trinajstić information content (AvgIpc) is 2.21. The Morgan fingerprint density at radius 2 is 2.25 bits per heavy atom. The van der Waals surface area contributed by atoms with E-state index >= 15 is 0 Å². The monoisotopic (exact) mass is 230 g/mol. The van der Waals surface area contributed by atoms with Crippen molar-refractivity contribution < 1.29 is 18.3 Å². The fourth-order valence-corrected chi connectivity index (χ4v) is 1.28. The second-order valence-corrected chi connectivity index (χ2v) is 3.12. The molecule has 0 radical (unpaired) electrons. The van der Waals surface area contributed by atoms with Crippen LogP contribution in [0.1, 0.15) is 34.8 Å². The largest absolute Gasteiger partial charge is 0.462 e. The normalized spacial score (nSPS) is 10.6. The number of anilines is 1. The zero-order valence-electron chi connectivity index (χ0n) is 8.96. The molecule has 0 unspecified atom stereocenters.